The van der Waals surface area contributed by atoms with E-state index in [4.69, 9.17) is 0 Å². The third-order valence-corrected chi connectivity index (χ3v) is 4.83. The van der Waals surface area contributed by atoms with E-state index in [0.29, 0.717) is 0 Å². The van der Waals surface area contributed by atoms with Crippen molar-refractivity contribution in [3.8, 4) is 0 Å². The Morgan fingerprint density at radius 3 is 2.96 bits per heavy atom. The lowest BCUT2D eigenvalue weighted by atomic mass is 10.3. The highest BCUT2D eigenvalue weighted by atomic mass is 32.1. The standard InChI is InChI=1S/C17H31N5S/c1-3-18-17(20-14-16-6-13-23-15-16)19-7-4-9-22-10-5-8-21(2)11-12-22/h6,13,15H,3-5,7-12,14H2,1-2H3,(H2,18,19,20). The summed E-state index contributed by atoms with van der Waals surface area (Å²) < 4.78 is 0. The molecule has 1 aliphatic heterocycles. The molecular weight excluding hydrogens is 306 g/mol. The van der Waals surface area contributed by atoms with Crippen LogP contribution < -0.4 is 10.6 Å². The van der Waals surface area contributed by atoms with Gasteiger partial charge in [0.05, 0.1) is 6.54 Å². The van der Waals surface area contributed by atoms with E-state index in [1.165, 1.54) is 44.7 Å². The van der Waals surface area contributed by atoms with Crippen LogP contribution in [0.2, 0.25) is 0 Å². The molecule has 0 spiro atoms. The van der Waals surface area contributed by atoms with Crippen molar-refractivity contribution in [2.24, 2.45) is 4.99 Å². The highest BCUT2D eigenvalue weighted by Crippen LogP contribution is 2.06. The number of rotatable bonds is 7. The molecule has 2 heterocycles. The monoisotopic (exact) mass is 337 g/mol. The summed E-state index contributed by atoms with van der Waals surface area (Å²) in [6.45, 7) is 10.7. The van der Waals surface area contributed by atoms with Gasteiger partial charge in [-0.3, -0.25) is 0 Å². The molecule has 0 radical (unpaired) electrons. The van der Waals surface area contributed by atoms with Crippen molar-refractivity contribution in [2.75, 3.05) is 52.9 Å². The molecule has 0 aromatic carbocycles. The Bertz CT molecular complexity index is 446. The lowest BCUT2D eigenvalue weighted by Crippen LogP contribution is -2.39. The first-order valence-corrected chi connectivity index (χ1v) is 9.66. The molecule has 6 heteroatoms. The Kier molecular flexibility index (Phi) is 8.42. The number of likely N-dealkylation sites (N-methyl/N-ethyl adjacent to an activating group) is 1. The minimum Gasteiger partial charge on any atom is -0.357 e. The molecule has 0 unspecified atom stereocenters. The van der Waals surface area contributed by atoms with Gasteiger partial charge in [0.15, 0.2) is 5.96 Å². The van der Waals surface area contributed by atoms with Crippen LogP contribution in [0.25, 0.3) is 0 Å². The van der Waals surface area contributed by atoms with Crippen LogP contribution in [0.5, 0.6) is 0 Å². The van der Waals surface area contributed by atoms with Gasteiger partial charge >= 0.3 is 0 Å². The van der Waals surface area contributed by atoms with Gasteiger partial charge in [0.2, 0.25) is 0 Å². The Morgan fingerprint density at radius 1 is 1.26 bits per heavy atom. The molecule has 1 fully saturated rings. The van der Waals surface area contributed by atoms with Gasteiger partial charge in [0.1, 0.15) is 0 Å². The molecule has 23 heavy (non-hydrogen) atoms. The lowest BCUT2D eigenvalue weighted by Gasteiger charge is -2.20. The third kappa shape index (κ3) is 7.33. The fourth-order valence-corrected chi connectivity index (χ4v) is 3.39. The highest BCUT2D eigenvalue weighted by Gasteiger charge is 2.11. The molecule has 130 valence electrons. The fourth-order valence-electron chi connectivity index (χ4n) is 2.73. The van der Waals surface area contributed by atoms with Gasteiger partial charge in [0, 0.05) is 26.2 Å². The molecule has 0 atom stereocenters. The molecule has 0 aliphatic carbocycles. The lowest BCUT2D eigenvalue weighted by molar-refractivity contribution is 0.274. The fraction of sp³-hybridized carbons (Fsp3) is 0.706. The van der Waals surface area contributed by atoms with Crippen molar-refractivity contribution in [3.05, 3.63) is 22.4 Å². The predicted molar refractivity (Wildman–Crippen MR) is 100 cm³/mol. The van der Waals surface area contributed by atoms with Crippen molar-refractivity contribution in [1.29, 1.82) is 0 Å². The molecule has 1 aliphatic rings. The van der Waals surface area contributed by atoms with Crippen molar-refractivity contribution < 1.29 is 0 Å². The first-order valence-electron chi connectivity index (χ1n) is 8.72. The van der Waals surface area contributed by atoms with Crippen LogP contribution in [0.15, 0.2) is 21.8 Å². The summed E-state index contributed by atoms with van der Waals surface area (Å²) in [5.74, 6) is 0.925. The Morgan fingerprint density at radius 2 is 2.17 bits per heavy atom. The van der Waals surface area contributed by atoms with Crippen LogP contribution >= 0.6 is 11.3 Å². The zero-order valence-electron chi connectivity index (χ0n) is 14.6. The highest BCUT2D eigenvalue weighted by molar-refractivity contribution is 7.07. The number of thiophene rings is 1. The average Bonchev–Trinajstić information content (AvgIpc) is 2.98. The SMILES string of the molecule is CCNC(=NCc1ccsc1)NCCCN1CCCN(C)CC1. The Hall–Kier alpha value is -1.11. The molecule has 5 nitrogen and oxygen atoms in total. The normalized spacial score (nSPS) is 17.9. The Labute approximate surface area is 144 Å². The first kappa shape index (κ1) is 18.2. The molecule has 0 bridgehead atoms. The number of nitrogens with zero attached hydrogens (tertiary/aromatic N) is 3. The van der Waals surface area contributed by atoms with Crippen LogP contribution in [0.1, 0.15) is 25.3 Å². The average molecular weight is 338 g/mol. The molecule has 0 saturated carbocycles. The summed E-state index contributed by atoms with van der Waals surface area (Å²) in [4.78, 5) is 9.66. The molecule has 1 aromatic rings. The van der Waals surface area contributed by atoms with Gasteiger partial charge in [-0.05, 0) is 68.8 Å². The van der Waals surface area contributed by atoms with Crippen molar-refractivity contribution in [1.82, 2.24) is 20.4 Å². The van der Waals surface area contributed by atoms with Crippen LogP contribution in [0, 0.1) is 0 Å². The quantitative estimate of drug-likeness (QED) is 0.453. The number of hydrogen-bond donors (Lipinski definition) is 2. The van der Waals surface area contributed by atoms with E-state index >= 15 is 0 Å². The van der Waals surface area contributed by atoms with Crippen LogP contribution in [0.4, 0.5) is 0 Å². The molecule has 2 rings (SSSR count). The second kappa shape index (κ2) is 10.6. The molecule has 1 saturated heterocycles. The topological polar surface area (TPSA) is 42.9 Å². The van der Waals surface area contributed by atoms with Crippen LogP contribution in [-0.4, -0.2) is 68.6 Å². The van der Waals surface area contributed by atoms with E-state index in [2.05, 4.69) is 56.2 Å². The van der Waals surface area contributed by atoms with E-state index < -0.39 is 0 Å². The van der Waals surface area contributed by atoms with Gasteiger partial charge in [-0.2, -0.15) is 11.3 Å². The predicted octanol–water partition coefficient (Wildman–Crippen LogP) is 1.83. The van der Waals surface area contributed by atoms with Gasteiger partial charge in [-0.1, -0.05) is 0 Å². The van der Waals surface area contributed by atoms with Crippen molar-refractivity contribution >= 4 is 17.3 Å². The summed E-state index contributed by atoms with van der Waals surface area (Å²) in [5.41, 5.74) is 1.28. The summed E-state index contributed by atoms with van der Waals surface area (Å²) in [6, 6.07) is 2.13. The summed E-state index contributed by atoms with van der Waals surface area (Å²) in [5, 5.41) is 11.0. The van der Waals surface area contributed by atoms with E-state index in [1.54, 1.807) is 11.3 Å². The number of hydrogen-bond acceptors (Lipinski definition) is 4. The van der Waals surface area contributed by atoms with Crippen LogP contribution in [0.3, 0.4) is 0 Å². The first-order chi connectivity index (χ1) is 11.3. The second-order valence-corrected chi connectivity index (χ2v) is 6.89. The number of guanidine groups is 1. The summed E-state index contributed by atoms with van der Waals surface area (Å²) in [6.07, 6.45) is 2.45. The summed E-state index contributed by atoms with van der Waals surface area (Å²) >= 11 is 1.72. The zero-order chi connectivity index (χ0) is 16.3. The second-order valence-electron chi connectivity index (χ2n) is 6.11. The van der Waals surface area contributed by atoms with Crippen LogP contribution in [-0.2, 0) is 6.54 Å². The van der Waals surface area contributed by atoms with Gasteiger partial charge in [-0.25, -0.2) is 4.99 Å². The maximum atomic E-state index is 4.65. The maximum absolute atomic E-state index is 4.65. The van der Waals surface area contributed by atoms with Gasteiger partial charge in [0.25, 0.3) is 0 Å². The van der Waals surface area contributed by atoms with E-state index in [-0.39, 0.29) is 0 Å². The van der Waals surface area contributed by atoms with Crippen molar-refractivity contribution in [2.45, 2.75) is 26.3 Å². The summed E-state index contributed by atoms with van der Waals surface area (Å²) in [7, 11) is 2.22. The van der Waals surface area contributed by atoms with Gasteiger partial charge in [-0.15, -0.1) is 0 Å². The minimum absolute atomic E-state index is 0.747. The molecule has 2 N–H and O–H groups in total. The third-order valence-electron chi connectivity index (χ3n) is 4.10. The van der Waals surface area contributed by atoms with E-state index in [0.717, 1.165) is 32.0 Å². The van der Waals surface area contributed by atoms with Crippen molar-refractivity contribution in [3.63, 3.8) is 0 Å². The number of nitrogens with one attached hydrogen (secondary N) is 2. The largest absolute Gasteiger partial charge is 0.357 e. The smallest absolute Gasteiger partial charge is 0.191 e. The molecular formula is C17H31N5S. The number of aliphatic imine (C=N–C) groups is 1. The van der Waals surface area contributed by atoms with E-state index in [1.807, 2.05) is 0 Å². The molecule has 0 amide bonds. The maximum Gasteiger partial charge on any atom is 0.191 e. The van der Waals surface area contributed by atoms with Gasteiger partial charge < -0.3 is 20.4 Å². The minimum atomic E-state index is 0.747. The molecule has 1 aromatic heterocycles. The zero-order valence-corrected chi connectivity index (χ0v) is 15.4. The Balaban J connectivity index is 1.66. The van der Waals surface area contributed by atoms with E-state index in [9.17, 15) is 0 Å².